The second-order valence-corrected chi connectivity index (χ2v) is 8.18. The van der Waals surface area contributed by atoms with Crippen LogP contribution < -0.4 is 0 Å². The SMILES string of the molecule is O=S(=O)(c1cncc(Br)c1)N1CCCC1CCCBr. The van der Waals surface area contributed by atoms with Crippen molar-refractivity contribution in [2.45, 2.75) is 36.6 Å². The molecule has 0 spiro atoms. The van der Waals surface area contributed by atoms with Crippen molar-refractivity contribution >= 4 is 41.9 Å². The molecule has 4 nitrogen and oxygen atoms in total. The van der Waals surface area contributed by atoms with Gasteiger partial charge < -0.3 is 0 Å². The molecule has 2 rings (SSSR count). The van der Waals surface area contributed by atoms with Crippen molar-refractivity contribution in [3.63, 3.8) is 0 Å². The topological polar surface area (TPSA) is 50.3 Å². The Morgan fingerprint density at radius 2 is 2.21 bits per heavy atom. The molecule has 2 heterocycles. The summed E-state index contributed by atoms with van der Waals surface area (Å²) in [6, 6.07) is 1.74. The first kappa shape index (κ1) is 15.4. The van der Waals surface area contributed by atoms with Crippen LogP contribution in [0.3, 0.4) is 0 Å². The van der Waals surface area contributed by atoms with Crippen molar-refractivity contribution in [1.29, 1.82) is 0 Å². The maximum atomic E-state index is 12.6. The van der Waals surface area contributed by atoms with Gasteiger partial charge in [-0.05, 0) is 47.7 Å². The number of rotatable bonds is 5. The third-order valence-corrected chi connectivity index (χ3v) is 6.19. The van der Waals surface area contributed by atoms with E-state index in [1.807, 2.05) is 0 Å². The van der Waals surface area contributed by atoms with Crippen molar-refractivity contribution in [1.82, 2.24) is 9.29 Å². The molecule has 0 radical (unpaired) electrons. The van der Waals surface area contributed by atoms with Gasteiger partial charge in [0.1, 0.15) is 4.90 Å². The van der Waals surface area contributed by atoms with Crippen LogP contribution in [-0.2, 0) is 10.0 Å². The molecular weight excluding hydrogens is 396 g/mol. The minimum absolute atomic E-state index is 0.126. The third kappa shape index (κ3) is 3.56. The van der Waals surface area contributed by atoms with E-state index < -0.39 is 10.0 Å². The summed E-state index contributed by atoms with van der Waals surface area (Å²) in [4.78, 5) is 4.22. The van der Waals surface area contributed by atoms with Gasteiger partial charge in [-0.2, -0.15) is 4.31 Å². The lowest BCUT2D eigenvalue weighted by Gasteiger charge is -2.23. The van der Waals surface area contributed by atoms with Crippen LogP contribution in [0.2, 0.25) is 0 Å². The maximum Gasteiger partial charge on any atom is 0.244 e. The second-order valence-electron chi connectivity index (χ2n) is 4.58. The highest BCUT2D eigenvalue weighted by molar-refractivity contribution is 9.10. The fourth-order valence-electron chi connectivity index (χ4n) is 2.40. The van der Waals surface area contributed by atoms with Gasteiger partial charge >= 0.3 is 0 Å². The predicted octanol–water partition coefficient (Wildman–Crippen LogP) is 3.17. The average molecular weight is 412 g/mol. The van der Waals surface area contributed by atoms with Crippen LogP contribution in [0, 0.1) is 0 Å². The summed E-state index contributed by atoms with van der Waals surface area (Å²) in [6.07, 6.45) is 6.80. The van der Waals surface area contributed by atoms with E-state index in [-0.39, 0.29) is 10.9 Å². The van der Waals surface area contributed by atoms with Crippen LogP contribution in [0.15, 0.2) is 27.8 Å². The molecule has 0 bridgehead atoms. The van der Waals surface area contributed by atoms with Crippen LogP contribution >= 0.6 is 31.9 Å². The first-order valence-electron chi connectivity index (χ1n) is 6.24. The Labute approximate surface area is 130 Å². The molecule has 0 amide bonds. The highest BCUT2D eigenvalue weighted by Gasteiger charge is 2.34. The molecule has 1 atom stereocenters. The summed E-state index contributed by atoms with van der Waals surface area (Å²) in [5.74, 6) is 0. The average Bonchev–Trinajstić information content (AvgIpc) is 2.85. The Morgan fingerprint density at radius 1 is 1.42 bits per heavy atom. The lowest BCUT2D eigenvalue weighted by molar-refractivity contribution is 0.369. The molecule has 1 aromatic rings. The lowest BCUT2D eigenvalue weighted by atomic mass is 10.1. The van der Waals surface area contributed by atoms with E-state index in [0.29, 0.717) is 11.0 Å². The molecule has 1 aliphatic rings. The molecule has 1 aliphatic heterocycles. The number of hydrogen-bond donors (Lipinski definition) is 0. The van der Waals surface area contributed by atoms with Gasteiger partial charge in [-0.15, -0.1) is 0 Å². The molecule has 1 fully saturated rings. The lowest BCUT2D eigenvalue weighted by Crippen LogP contribution is -2.35. The van der Waals surface area contributed by atoms with E-state index in [2.05, 4.69) is 36.8 Å². The standard InChI is InChI=1S/C12H16Br2N2O2S/c13-5-1-3-11-4-2-6-16(11)19(17,18)12-7-10(14)8-15-9-12/h7-9,11H,1-6H2. The van der Waals surface area contributed by atoms with E-state index in [0.717, 1.165) is 31.0 Å². The fourth-order valence-corrected chi connectivity index (χ4v) is 4.95. The van der Waals surface area contributed by atoms with E-state index in [4.69, 9.17) is 0 Å². The Hall–Kier alpha value is 0.0200. The number of aromatic nitrogens is 1. The van der Waals surface area contributed by atoms with Crippen molar-refractivity contribution in [3.05, 3.63) is 22.9 Å². The molecule has 1 saturated heterocycles. The Balaban J connectivity index is 2.23. The zero-order valence-electron chi connectivity index (χ0n) is 10.4. The van der Waals surface area contributed by atoms with Gasteiger partial charge in [0.05, 0.1) is 0 Å². The summed E-state index contributed by atoms with van der Waals surface area (Å²) in [5.41, 5.74) is 0. The Kier molecular flexibility index (Phi) is 5.39. The van der Waals surface area contributed by atoms with Crippen molar-refractivity contribution in [2.75, 3.05) is 11.9 Å². The maximum absolute atomic E-state index is 12.6. The van der Waals surface area contributed by atoms with Crippen LogP contribution in [0.25, 0.3) is 0 Å². The molecule has 19 heavy (non-hydrogen) atoms. The molecule has 0 aliphatic carbocycles. The molecular formula is C12H16Br2N2O2S. The Bertz CT molecular complexity index is 536. The molecule has 1 aromatic heterocycles. The summed E-state index contributed by atoms with van der Waals surface area (Å²) >= 11 is 6.67. The van der Waals surface area contributed by atoms with Gasteiger partial charge in [-0.3, -0.25) is 4.98 Å². The van der Waals surface area contributed by atoms with E-state index in [9.17, 15) is 8.42 Å². The van der Waals surface area contributed by atoms with Gasteiger partial charge in [-0.25, -0.2) is 8.42 Å². The highest BCUT2D eigenvalue weighted by atomic mass is 79.9. The predicted molar refractivity (Wildman–Crippen MR) is 81.9 cm³/mol. The number of halogens is 2. The summed E-state index contributed by atoms with van der Waals surface area (Å²) in [6.45, 7) is 0.613. The number of hydrogen-bond acceptors (Lipinski definition) is 3. The smallest absolute Gasteiger partial charge is 0.244 e. The second kappa shape index (κ2) is 6.65. The molecule has 0 N–H and O–H groups in total. The largest absolute Gasteiger partial charge is 0.262 e. The van der Waals surface area contributed by atoms with Crippen molar-refractivity contribution in [2.24, 2.45) is 0 Å². The zero-order chi connectivity index (χ0) is 13.9. The van der Waals surface area contributed by atoms with Gasteiger partial charge in [0.25, 0.3) is 0 Å². The van der Waals surface area contributed by atoms with E-state index >= 15 is 0 Å². The Morgan fingerprint density at radius 3 is 2.89 bits per heavy atom. The van der Waals surface area contributed by atoms with Crippen LogP contribution in [0.5, 0.6) is 0 Å². The van der Waals surface area contributed by atoms with Gasteiger partial charge in [0, 0.05) is 34.8 Å². The van der Waals surface area contributed by atoms with Crippen molar-refractivity contribution in [3.8, 4) is 0 Å². The zero-order valence-corrected chi connectivity index (χ0v) is 14.4. The number of sulfonamides is 1. The molecule has 1 unspecified atom stereocenters. The first-order valence-corrected chi connectivity index (χ1v) is 9.59. The van der Waals surface area contributed by atoms with Crippen LogP contribution in [0.4, 0.5) is 0 Å². The highest BCUT2D eigenvalue weighted by Crippen LogP contribution is 2.29. The molecule has 106 valence electrons. The fraction of sp³-hybridized carbons (Fsp3) is 0.583. The minimum Gasteiger partial charge on any atom is -0.262 e. The number of alkyl halides is 1. The summed E-state index contributed by atoms with van der Waals surface area (Å²) in [5, 5.41) is 0.913. The summed E-state index contributed by atoms with van der Waals surface area (Å²) in [7, 11) is -3.42. The first-order chi connectivity index (χ1) is 9.05. The van der Waals surface area contributed by atoms with Crippen LogP contribution in [-0.4, -0.2) is 35.6 Å². The third-order valence-electron chi connectivity index (χ3n) is 3.28. The van der Waals surface area contributed by atoms with Gasteiger partial charge in [-0.1, -0.05) is 15.9 Å². The van der Waals surface area contributed by atoms with Crippen molar-refractivity contribution < 1.29 is 8.42 Å². The number of pyridine rings is 1. The molecule has 7 heteroatoms. The molecule has 0 saturated carbocycles. The monoisotopic (exact) mass is 410 g/mol. The van der Waals surface area contributed by atoms with Gasteiger partial charge in [0.2, 0.25) is 10.0 Å². The van der Waals surface area contributed by atoms with E-state index in [1.54, 1.807) is 16.6 Å². The summed E-state index contributed by atoms with van der Waals surface area (Å²) < 4.78 is 27.6. The normalized spacial score (nSPS) is 20.8. The number of nitrogens with zero attached hydrogens (tertiary/aromatic N) is 2. The quantitative estimate of drug-likeness (QED) is 0.699. The van der Waals surface area contributed by atoms with E-state index in [1.165, 1.54) is 6.20 Å². The van der Waals surface area contributed by atoms with Gasteiger partial charge in [0.15, 0.2) is 0 Å². The molecule has 0 aromatic carbocycles. The van der Waals surface area contributed by atoms with Crippen LogP contribution in [0.1, 0.15) is 25.7 Å². The minimum atomic E-state index is -3.42.